The molecular weight excluding hydrogens is 334 g/mol. The molecule has 21 heavy (non-hydrogen) atoms. The van der Waals surface area contributed by atoms with E-state index in [-0.39, 0.29) is 17.4 Å². The minimum atomic E-state index is -0.237. The van der Waals surface area contributed by atoms with Crippen LogP contribution >= 0.6 is 15.9 Å². The first-order chi connectivity index (χ1) is 9.99. The Kier molecular flexibility index (Phi) is 3.22. The molecule has 3 rings (SSSR count). The highest BCUT2D eigenvalue weighted by atomic mass is 79.9. The van der Waals surface area contributed by atoms with E-state index in [1.165, 1.54) is 6.07 Å². The average molecular weight is 346 g/mol. The summed E-state index contributed by atoms with van der Waals surface area (Å²) in [4.78, 5) is 12.2. The van der Waals surface area contributed by atoms with Gasteiger partial charge in [0.2, 0.25) is 0 Å². The van der Waals surface area contributed by atoms with Crippen molar-refractivity contribution < 1.29 is 15.0 Å². The van der Waals surface area contributed by atoms with Gasteiger partial charge < -0.3 is 15.5 Å². The van der Waals surface area contributed by atoms with Crippen LogP contribution in [0.25, 0.3) is 11.6 Å². The third-order valence-corrected chi connectivity index (χ3v) is 4.37. The SMILES string of the molecule is Cc1c(Br)ccc2c1C(=Cc1cccc(O)c1O)C(=O)N2. The largest absolute Gasteiger partial charge is 0.504 e. The van der Waals surface area contributed by atoms with E-state index in [1.807, 2.05) is 19.1 Å². The molecule has 0 aromatic heterocycles. The molecule has 2 aromatic carbocycles. The molecule has 0 bridgehead atoms. The van der Waals surface area contributed by atoms with Crippen molar-refractivity contribution in [3.8, 4) is 11.5 Å². The lowest BCUT2D eigenvalue weighted by Crippen LogP contribution is -2.03. The monoisotopic (exact) mass is 345 g/mol. The van der Waals surface area contributed by atoms with Gasteiger partial charge in [-0.3, -0.25) is 4.79 Å². The van der Waals surface area contributed by atoms with Crippen LogP contribution in [0, 0.1) is 6.92 Å². The van der Waals surface area contributed by atoms with Crippen LogP contribution in [0.3, 0.4) is 0 Å². The summed E-state index contributed by atoms with van der Waals surface area (Å²) >= 11 is 3.45. The number of fused-ring (bicyclic) bond motifs is 1. The number of aromatic hydroxyl groups is 2. The van der Waals surface area contributed by atoms with E-state index in [0.717, 1.165) is 21.3 Å². The number of amides is 1. The molecule has 0 saturated heterocycles. The fraction of sp³-hybridized carbons (Fsp3) is 0.0625. The van der Waals surface area contributed by atoms with Crippen LogP contribution in [0.4, 0.5) is 5.69 Å². The highest BCUT2D eigenvalue weighted by molar-refractivity contribution is 9.10. The van der Waals surface area contributed by atoms with Gasteiger partial charge in [-0.1, -0.05) is 28.1 Å². The van der Waals surface area contributed by atoms with E-state index in [2.05, 4.69) is 21.2 Å². The van der Waals surface area contributed by atoms with E-state index < -0.39 is 0 Å². The van der Waals surface area contributed by atoms with Gasteiger partial charge >= 0.3 is 0 Å². The number of carbonyl (C=O) groups excluding carboxylic acids is 1. The van der Waals surface area contributed by atoms with Crippen molar-refractivity contribution in [3.63, 3.8) is 0 Å². The maximum Gasteiger partial charge on any atom is 0.256 e. The first-order valence-electron chi connectivity index (χ1n) is 6.32. The maximum atomic E-state index is 12.2. The predicted molar refractivity (Wildman–Crippen MR) is 85.2 cm³/mol. The molecule has 0 unspecified atom stereocenters. The van der Waals surface area contributed by atoms with Crippen LogP contribution in [0.15, 0.2) is 34.8 Å². The molecule has 5 heteroatoms. The number of anilines is 1. The lowest BCUT2D eigenvalue weighted by atomic mass is 9.99. The summed E-state index contributed by atoms with van der Waals surface area (Å²) in [5.41, 5.74) is 3.34. The van der Waals surface area contributed by atoms with Gasteiger partial charge in [0.25, 0.3) is 5.91 Å². The molecule has 4 nitrogen and oxygen atoms in total. The summed E-state index contributed by atoms with van der Waals surface area (Å²) < 4.78 is 0.906. The Morgan fingerprint density at radius 3 is 2.71 bits per heavy atom. The molecular formula is C16H12BrNO3. The molecule has 106 valence electrons. The van der Waals surface area contributed by atoms with Crippen LogP contribution < -0.4 is 5.32 Å². The zero-order valence-electron chi connectivity index (χ0n) is 11.1. The first-order valence-corrected chi connectivity index (χ1v) is 7.12. The summed E-state index contributed by atoms with van der Waals surface area (Å²) in [6.45, 7) is 1.92. The Balaban J connectivity index is 2.21. The van der Waals surface area contributed by atoms with Gasteiger partial charge in [0.1, 0.15) is 0 Å². The number of phenols is 2. The second-order valence-electron chi connectivity index (χ2n) is 4.82. The number of hydrogen-bond donors (Lipinski definition) is 3. The highest BCUT2D eigenvalue weighted by Crippen LogP contribution is 2.40. The van der Waals surface area contributed by atoms with Gasteiger partial charge in [0.15, 0.2) is 11.5 Å². The normalized spacial score (nSPS) is 15.1. The summed E-state index contributed by atoms with van der Waals surface area (Å²) in [5, 5.41) is 22.2. The number of carbonyl (C=O) groups is 1. The topological polar surface area (TPSA) is 69.6 Å². The highest BCUT2D eigenvalue weighted by Gasteiger charge is 2.27. The van der Waals surface area contributed by atoms with E-state index >= 15 is 0 Å². The van der Waals surface area contributed by atoms with E-state index in [4.69, 9.17) is 0 Å². The van der Waals surface area contributed by atoms with Gasteiger partial charge in [-0.25, -0.2) is 0 Å². The standard InChI is InChI=1S/C16H12BrNO3/c1-8-11(17)5-6-12-14(8)10(16(21)18-12)7-9-3-2-4-13(19)15(9)20/h2-7,19-20H,1H3,(H,18,21). The number of para-hydroxylation sites is 1. The van der Waals surface area contributed by atoms with Crippen molar-refractivity contribution in [2.45, 2.75) is 6.92 Å². The first kappa shape index (κ1) is 13.7. The molecule has 3 N–H and O–H groups in total. The van der Waals surface area contributed by atoms with Crippen molar-refractivity contribution >= 4 is 39.2 Å². The molecule has 0 saturated carbocycles. The predicted octanol–water partition coefficient (Wildman–Crippen LogP) is 3.66. The summed E-state index contributed by atoms with van der Waals surface area (Å²) in [6, 6.07) is 8.35. The zero-order chi connectivity index (χ0) is 15.1. The minimum absolute atomic E-state index is 0.214. The molecule has 0 aliphatic carbocycles. The number of benzene rings is 2. The van der Waals surface area contributed by atoms with E-state index in [9.17, 15) is 15.0 Å². The number of halogens is 1. The lowest BCUT2D eigenvalue weighted by molar-refractivity contribution is -0.110. The summed E-state index contributed by atoms with van der Waals surface area (Å²) in [7, 11) is 0. The zero-order valence-corrected chi connectivity index (χ0v) is 12.7. The Bertz CT molecular complexity index is 796. The Morgan fingerprint density at radius 2 is 1.95 bits per heavy atom. The van der Waals surface area contributed by atoms with Gasteiger partial charge in [-0.05, 0) is 36.8 Å². The van der Waals surface area contributed by atoms with Gasteiger partial charge in [0, 0.05) is 21.3 Å². The number of nitrogens with one attached hydrogen (secondary N) is 1. The number of hydrogen-bond acceptors (Lipinski definition) is 3. The number of rotatable bonds is 1. The van der Waals surface area contributed by atoms with Crippen molar-refractivity contribution in [3.05, 3.63) is 51.5 Å². The third-order valence-electron chi connectivity index (χ3n) is 3.51. The number of phenolic OH excluding ortho intramolecular Hbond substituents is 2. The molecule has 1 amide bonds. The molecule has 1 aliphatic heterocycles. The Labute approximate surface area is 129 Å². The van der Waals surface area contributed by atoms with Gasteiger partial charge in [-0.15, -0.1) is 0 Å². The minimum Gasteiger partial charge on any atom is -0.504 e. The maximum absolute atomic E-state index is 12.2. The third kappa shape index (κ3) is 2.19. The van der Waals surface area contributed by atoms with E-state index in [0.29, 0.717) is 11.1 Å². The quantitative estimate of drug-likeness (QED) is 0.545. The smallest absolute Gasteiger partial charge is 0.256 e. The van der Waals surface area contributed by atoms with Gasteiger partial charge in [0.05, 0.1) is 5.57 Å². The summed E-state index contributed by atoms with van der Waals surface area (Å²) in [5.74, 6) is -0.679. The van der Waals surface area contributed by atoms with Crippen LogP contribution in [-0.2, 0) is 4.79 Å². The molecule has 0 spiro atoms. The Hall–Kier alpha value is -2.27. The van der Waals surface area contributed by atoms with Crippen LogP contribution in [0.1, 0.15) is 16.7 Å². The van der Waals surface area contributed by atoms with Crippen molar-refractivity contribution in [2.24, 2.45) is 0 Å². The second kappa shape index (κ2) is 4.93. The second-order valence-corrected chi connectivity index (χ2v) is 5.68. The van der Waals surface area contributed by atoms with Crippen molar-refractivity contribution in [2.75, 3.05) is 5.32 Å². The van der Waals surface area contributed by atoms with Gasteiger partial charge in [-0.2, -0.15) is 0 Å². The van der Waals surface area contributed by atoms with Crippen molar-refractivity contribution in [1.29, 1.82) is 0 Å². The summed E-state index contributed by atoms with van der Waals surface area (Å²) in [6.07, 6.45) is 1.58. The molecule has 0 radical (unpaired) electrons. The molecule has 2 aromatic rings. The van der Waals surface area contributed by atoms with Crippen LogP contribution in [0.2, 0.25) is 0 Å². The fourth-order valence-electron chi connectivity index (χ4n) is 2.40. The average Bonchev–Trinajstić information content (AvgIpc) is 2.76. The lowest BCUT2D eigenvalue weighted by Gasteiger charge is -2.07. The molecule has 1 heterocycles. The van der Waals surface area contributed by atoms with Crippen molar-refractivity contribution in [1.82, 2.24) is 0 Å². The molecule has 1 aliphatic rings. The van der Waals surface area contributed by atoms with Crippen LogP contribution in [0.5, 0.6) is 11.5 Å². The molecule has 0 fully saturated rings. The van der Waals surface area contributed by atoms with E-state index in [1.54, 1.807) is 18.2 Å². The van der Waals surface area contributed by atoms with Crippen LogP contribution in [-0.4, -0.2) is 16.1 Å². The fourth-order valence-corrected chi connectivity index (χ4v) is 2.73. The molecule has 0 atom stereocenters. The Morgan fingerprint density at radius 1 is 1.19 bits per heavy atom.